The summed E-state index contributed by atoms with van der Waals surface area (Å²) in [5.74, 6) is 0.158. The van der Waals surface area contributed by atoms with Crippen molar-refractivity contribution >= 4 is 20.1 Å². The maximum atomic E-state index is 11.8. The van der Waals surface area contributed by atoms with Gasteiger partial charge < -0.3 is 0 Å². The maximum Gasteiger partial charge on any atom is 0.295 e. The molecule has 0 saturated carbocycles. The monoisotopic (exact) mass is 355 g/mol. The summed E-state index contributed by atoms with van der Waals surface area (Å²) in [5, 5.41) is 5.20. The molecule has 0 unspecified atom stereocenters. The lowest BCUT2D eigenvalue weighted by Crippen LogP contribution is -2.15. The number of sulfonamides is 1. The Balaban J connectivity index is 2.92. The third-order valence-corrected chi connectivity index (χ3v) is 5.26. The number of rotatable bonds is 4. The van der Waals surface area contributed by atoms with Crippen LogP contribution in [0.4, 0.5) is 0 Å². The fourth-order valence-electron chi connectivity index (χ4n) is 2.30. The van der Waals surface area contributed by atoms with Crippen LogP contribution in [0.15, 0.2) is 52.3 Å². The van der Waals surface area contributed by atoms with Crippen molar-refractivity contribution in [3.05, 3.63) is 48.0 Å². The smallest absolute Gasteiger partial charge is 0.282 e. The van der Waals surface area contributed by atoms with Crippen molar-refractivity contribution in [2.24, 2.45) is 5.14 Å². The molecule has 2 aromatic carbocycles. The van der Waals surface area contributed by atoms with E-state index in [1.54, 1.807) is 18.2 Å². The Morgan fingerprint density at radius 2 is 1.52 bits per heavy atom. The van der Waals surface area contributed by atoms with E-state index in [1.807, 2.05) is 19.9 Å². The second kappa shape index (κ2) is 6.04. The minimum Gasteiger partial charge on any atom is -0.282 e. The van der Waals surface area contributed by atoms with Gasteiger partial charge >= 0.3 is 0 Å². The lowest BCUT2D eigenvalue weighted by molar-refractivity contribution is 0.483. The summed E-state index contributed by atoms with van der Waals surface area (Å²) in [6.07, 6.45) is 0. The molecular formula is C15H17NO5S2. The number of benzene rings is 2. The summed E-state index contributed by atoms with van der Waals surface area (Å²) in [5.41, 5.74) is 1.13. The molecule has 0 amide bonds. The quantitative estimate of drug-likeness (QED) is 0.817. The van der Waals surface area contributed by atoms with E-state index in [0.717, 1.165) is 11.6 Å². The second-order valence-corrected chi connectivity index (χ2v) is 8.35. The van der Waals surface area contributed by atoms with Crippen molar-refractivity contribution < 1.29 is 21.4 Å². The fourth-order valence-corrected chi connectivity index (χ4v) is 3.88. The molecule has 124 valence electrons. The molecule has 0 saturated heterocycles. The zero-order valence-corrected chi connectivity index (χ0v) is 14.2. The molecule has 23 heavy (non-hydrogen) atoms. The highest BCUT2D eigenvalue weighted by molar-refractivity contribution is 7.89. The topological polar surface area (TPSA) is 115 Å². The molecule has 8 heteroatoms. The van der Waals surface area contributed by atoms with E-state index in [0.29, 0.717) is 5.56 Å². The molecule has 0 radical (unpaired) electrons. The van der Waals surface area contributed by atoms with Crippen LogP contribution in [0.1, 0.15) is 25.3 Å². The molecule has 0 aromatic heterocycles. The van der Waals surface area contributed by atoms with Crippen molar-refractivity contribution in [3.8, 4) is 11.1 Å². The summed E-state index contributed by atoms with van der Waals surface area (Å²) in [4.78, 5) is -0.849. The van der Waals surface area contributed by atoms with E-state index in [4.69, 9.17) is 5.14 Å². The van der Waals surface area contributed by atoms with Crippen LogP contribution in [0, 0.1) is 0 Å². The van der Waals surface area contributed by atoms with Crippen LogP contribution in [0.3, 0.4) is 0 Å². The third-order valence-electron chi connectivity index (χ3n) is 3.41. The second-order valence-electron chi connectivity index (χ2n) is 5.43. The van der Waals surface area contributed by atoms with Crippen LogP contribution in [-0.4, -0.2) is 21.4 Å². The van der Waals surface area contributed by atoms with Crippen molar-refractivity contribution in [2.45, 2.75) is 29.6 Å². The summed E-state index contributed by atoms with van der Waals surface area (Å²) in [7, 11) is -8.79. The average molecular weight is 355 g/mol. The first-order chi connectivity index (χ1) is 10.5. The van der Waals surface area contributed by atoms with Gasteiger partial charge in [-0.15, -0.1) is 0 Å². The zero-order valence-electron chi connectivity index (χ0n) is 12.6. The summed E-state index contributed by atoms with van der Waals surface area (Å²) in [6, 6.07) is 10.4. The molecule has 0 bridgehead atoms. The van der Waals surface area contributed by atoms with Crippen molar-refractivity contribution in [2.75, 3.05) is 0 Å². The Kier molecular flexibility index (Phi) is 4.63. The first kappa shape index (κ1) is 17.6. The minimum absolute atomic E-state index is 0.125. The predicted octanol–water partition coefficient (Wildman–Crippen LogP) is 2.37. The Labute approximate surface area is 135 Å². The zero-order chi connectivity index (χ0) is 17.4. The minimum atomic E-state index is -4.62. The van der Waals surface area contributed by atoms with Crippen LogP contribution in [0.2, 0.25) is 0 Å². The van der Waals surface area contributed by atoms with Gasteiger partial charge in [0.25, 0.3) is 10.1 Å². The number of nitrogens with two attached hydrogens (primary N) is 1. The molecule has 0 aliphatic rings. The van der Waals surface area contributed by atoms with Gasteiger partial charge in [0.1, 0.15) is 4.90 Å². The molecule has 0 aliphatic heterocycles. The molecule has 0 fully saturated rings. The van der Waals surface area contributed by atoms with Crippen molar-refractivity contribution in [1.29, 1.82) is 0 Å². The number of primary sulfonamides is 1. The molecule has 0 aliphatic carbocycles. The molecule has 2 rings (SSSR count). The highest BCUT2D eigenvalue weighted by atomic mass is 32.2. The van der Waals surface area contributed by atoms with Gasteiger partial charge in [0.15, 0.2) is 0 Å². The van der Waals surface area contributed by atoms with Crippen LogP contribution in [-0.2, 0) is 20.1 Å². The third kappa shape index (κ3) is 3.78. The van der Waals surface area contributed by atoms with Gasteiger partial charge in [-0.1, -0.05) is 44.2 Å². The van der Waals surface area contributed by atoms with Gasteiger partial charge in [-0.05, 0) is 29.2 Å². The molecular weight excluding hydrogens is 338 g/mol. The molecule has 0 atom stereocenters. The van der Waals surface area contributed by atoms with Gasteiger partial charge in [-0.3, -0.25) is 4.55 Å². The average Bonchev–Trinajstić information content (AvgIpc) is 2.44. The Bertz CT molecular complexity index is 897. The Morgan fingerprint density at radius 3 is 2.04 bits per heavy atom. The molecule has 6 nitrogen and oxygen atoms in total. The summed E-state index contributed by atoms with van der Waals surface area (Å²) in [6.45, 7) is 3.91. The van der Waals surface area contributed by atoms with E-state index in [-0.39, 0.29) is 16.4 Å². The standard InChI is InChI=1S/C15H17NO5S2/c1-10(2)11-5-3-6-12(9-11)15-13(22(16,17)18)7-4-8-14(15)23(19,20)21/h3-10H,1-2H3,(H2,16,17,18)(H,19,20,21). The maximum absolute atomic E-state index is 11.8. The van der Waals surface area contributed by atoms with Gasteiger partial charge in [-0.25, -0.2) is 13.6 Å². The van der Waals surface area contributed by atoms with Gasteiger partial charge in [0, 0.05) is 5.56 Å². The highest BCUT2D eigenvalue weighted by Gasteiger charge is 2.24. The van der Waals surface area contributed by atoms with E-state index in [1.165, 1.54) is 12.1 Å². The lowest BCUT2D eigenvalue weighted by Gasteiger charge is -2.14. The van der Waals surface area contributed by atoms with E-state index in [9.17, 15) is 21.4 Å². The Morgan fingerprint density at radius 1 is 0.957 bits per heavy atom. The summed E-state index contributed by atoms with van der Waals surface area (Å²) < 4.78 is 56.4. The van der Waals surface area contributed by atoms with Crippen LogP contribution in [0.5, 0.6) is 0 Å². The van der Waals surface area contributed by atoms with Crippen molar-refractivity contribution in [1.82, 2.24) is 0 Å². The van der Waals surface area contributed by atoms with Crippen LogP contribution < -0.4 is 5.14 Å². The van der Waals surface area contributed by atoms with Crippen LogP contribution >= 0.6 is 0 Å². The number of hydrogen-bond donors (Lipinski definition) is 2. The molecule has 2 aromatic rings. The first-order valence-corrected chi connectivity index (χ1v) is 9.74. The first-order valence-electron chi connectivity index (χ1n) is 6.75. The van der Waals surface area contributed by atoms with Crippen LogP contribution in [0.25, 0.3) is 11.1 Å². The Hall–Kier alpha value is -1.74. The van der Waals surface area contributed by atoms with E-state index >= 15 is 0 Å². The number of hydrogen-bond acceptors (Lipinski definition) is 4. The molecule has 0 heterocycles. The predicted molar refractivity (Wildman–Crippen MR) is 87.2 cm³/mol. The lowest BCUT2D eigenvalue weighted by atomic mass is 9.97. The summed E-state index contributed by atoms with van der Waals surface area (Å²) >= 11 is 0. The fraction of sp³-hybridized carbons (Fsp3) is 0.200. The normalized spacial score (nSPS) is 12.6. The van der Waals surface area contributed by atoms with Gasteiger partial charge in [0.2, 0.25) is 10.0 Å². The van der Waals surface area contributed by atoms with Gasteiger partial charge in [-0.2, -0.15) is 8.42 Å². The molecule has 0 spiro atoms. The van der Waals surface area contributed by atoms with Gasteiger partial charge in [0.05, 0.1) is 4.90 Å². The SMILES string of the molecule is CC(C)c1cccc(-c2c(S(N)(=O)=O)cccc2S(=O)(=O)O)c1. The van der Waals surface area contributed by atoms with E-state index in [2.05, 4.69) is 0 Å². The largest absolute Gasteiger partial charge is 0.295 e. The highest BCUT2D eigenvalue weighted by Crippen LogP contribution is 2.34. The molecule has 3 N–H and O–H groups in total. The van der Waals surface area contributed by atoms with Crippen molar-refractivity contribution in [3.63, 3.8) is 0 Å². The van der Waals surface area contributed by atoms with E-state index < -0.39 is 25.0 Å².